The molecule has 2 aromatic carbocycles. The van der Waals surface area contributed by atoms with Crippen LogP contribution < -0.4 is 14.9 Å². The molecule has 2 aliphatic rings. The average Bonchev–Trinajstić information content (AvgIpc) is 2.98. The Labute approximate surface area is 243 Å². The summed E-state index contributed by atoms with van der Waals surface area (Å²) >= 11 is 0. The molecule has 3 heterocycles. The van der Waals surface area contributed by atoms with E-state index in [1.54, 1.807) is 0 Å². The third kappa shape index (κ3) is 5.74. The highest BCUT2D eigenvalue weighted by atomic mass is 16.8. The van der Waals surface area contributed by atoms with Crippen LogP contribution in [0.25, 0.3) is 22.3 Å². The normalized spacial score (nSPS) is 32.9. The van der Waals surface area contributed by atoms with E-state index in [-0.39, 0.29) is 33.8 Å². The van der Waals surface area contributed by atoms with Crippen molar-refractivity contribution in [2.75, 3.05) is 13.7 Å². The maximum Gasteiger partial charge on any atom is 0.239 e. The maximum atomic E-state index is 13.8. The molecule has 15 nitrogen and oxygen atoms in total. The minimum Gasteiger partial charge on any atom is -0.508 e. The molecule has 3 aromatic rings. The van der Waals surface area contributed by atoms with Crippen molar-refractivity contribution in [3.05, 3.63) is 46.6 Å². The van der Waals surface area contributed by atoms with Crippen LogP contribution >= 0.6 is 0 Å². The van der Waals surface area contributed by atoms with E-state index < -0.39 is 84.9 Å². The third-order valence-electron chi connectivity index (χ3n) is 7.41. The van der Waals surface area contributed by atoms with Crippen LogP contribution in [0, 0.1) is 0 Å². The van der Waals surface area contributed by atoms with Crippen LogP contribution in [0.2, 0.25) is 0 Å². The van der Waals surface area contributed by atoms with Gasteiger partial charge in [-0.2, -0.15) is 0 Å². The maximum absolute atomic E-state index is 13.8. The number of fused-ring (bicyclic) bond motifs is 1. The van der Waals surface area contributed by atoms with Crippen LogP contribution in [0.3, 0.4) is 0 Å². The zero-order chi connectivity index (χ0) is 31.2. The lowest BCUT2D eigenvalue weighted by molar-refractivity contribution is -0.354. The van der Waals surface area contributed by atoms with Gasteiger partial charge in [0, 0.05) is 17.7 Å². The molecule has 0 spiro atoms. The van der Waals surface area contributed by atoms with Gasteiger partial charge in [-0.1, -0.05) is 12.1 Å². The van der Waals surface area contributed by atoms with Crippen molar-refractivity contribution >= 4 is 11.0 Å². The van der Waals surface area contributed by atoms with Crippen molar-refractivity contribution in [2.24, 2.45) is 0 Å². The summed E-state index contributed by atoms with van der Waals surface area (Å²) in [5.74, 6) is -1.36. The number of aromatic hydroxyl groups is 2. The Kier molecular flexibility index (Phi) is 8.80. The summed E-state index contributed by atoms with van der Waals surface area (Å²) in [6, 6.07) is 8.11. The fourth-order valence-electron chi connectivity index (χ4n) is 5.01. The summed E-state index contributed by atoms with van der Waals surface area (Å²) < 4.78 is 33.9. The van der Waals surface area contributed by atoms with Crippen molar-refractivity contribution in [1.29, 1.82) is 0 Å². The number of hydrogen-bond acceptors (Lipinski definition) is 15. The fraction of sp³-hybridized carbons (Fsp3) is 0.464. The van der Waals surface area contributed by atoms with Gasteiger partial charge in [0.2, 0.25) is 17.5 Å². The van der Waals surface area contributed by atoms with Crippen LogP contribution in [-0.2, 0) is 14.2 Å². The number of hydrogen-bond donors (Lipinski definition) is 8. The first-order valence-corrected chi connectivity index (χ1v) is 13.3. The van der Waals surface area contributed by atoms with Crippen LogP contribution in [0.5, 0.6) is 23.0 Å². The van der Waals surface area contributed by atoms with Crippen LogP contribution in [0.4, 0.5) is 0 Å². The number of phenols is 2. The number of ether oxygens (including phenoxy) is 5. The first-order valence-electron chi connectivity index (χ1n) is 13.3. The molecule has 234 valence electrons. The summed E-state index contributed by atoms with van der Waals surface area (Å²) in [5, 5.41) is 82.5. The molecule has 2 saturated heterocycles. The predicted octanol–water partition coefficient (Wildman–Crippen LogP) is -1.09. The highest BCUT2D eigenvalue weighted by Crippen LogP contribution is 2.38. The van der Waals surface area contributed by atoms with Crippen molar-refractivity contribution in [3.63, 3.8) is 0 Å². The van der Waals surface area contributed by atoms with E-state index in [4.69, 9.17) is 28.1 Å². The quantitative estimate of drug-likeness (QED) is 0.159. The second kappa shape index (κ2) is 12.2. The van der Waals surface area contributed by atoms with Crippen molar-refractivity contribution in [1.82, 2.24) is 0 Å². The van der Waals surface area contributed by atoms with Gasteiger partial charge in [-0.15, -0.1) is 0 Å². The molecule has 8 N–H and O–H groups in total. The van der Waals surface area contributed by atoms with Crippen molar-refractivity contribution < 1.29 is 69.0 Å². The summed E-state index contributed by atoms with van der Waals surface area (Å²) in [5.41, 5.74) is -0.862. The standard InChI is InChI=1S/C28H32O15/c1-10-18(32)21(35)23(37)27(39-10)43-26-22(36)19(33)16(9-29)41-28(26)42-25-20(34)17-14(31)7-13(38-2)8-15(17)40-24(25)11-4-3-5-12(30)6-11/h3-8,10,16,18-19,21-23,26-33,35-37H,9H2,1-2H3/t10?,16-,18+,19?,21?,22+,23?,26?,27+,28+/m1/s1. The lowest BCUT2D eigenvalue weighted by atomic mass is 9.97. The number of aliphatic hydroxyl groups excluding tert-OH is 6. The molecule has 0 aliphatic carbocycles. The Morgan fingerprint density at radius 1 is 0.884 bits per heavy atom. The Bertz CT molecular complexity index is 1510. The molecule has 0 amide bonds. The molecule has 5 unspecified atom stereocenters. The highest BCUT2D eigenvalue weighted by Gasteiger charge is 2.51. The second-order valence-corrected chi connectivity index (χ2v) is 10.3. The first kappa shape index (κ1) is 30.9. The Hall–Kier alpha value is -3.51. The van der Waals surface area contributed by atoms with Crippen LogP contribution in [0.15, 0.2) is 45.6 Å². The molecule has 2 aliphatic heterocycles. The molecule has 43 heavy (non-hydrogen) atoms. The lowest BCUT2D eigenvalue weighted by Gasteiger charge is -2.45. The largest absolute Gasteiger partial charge is 0.508 e. The van der Waals surface area contributed by atoms with Gasteiger partial charge in [0.15, 0.2) is 18.2 Å². The van der Waals surface area contributed by atoms with E-state index in [1.165, 1.54) is 50.4 Å². The van der Waals surface area contributed by atoms with Gasteiger partial charge < -0.3 is 69.0 Å². The van der Waals surface area contributed by atoms with Gasteiger partial charge in [0.25, 0.3) is 0 Å². The molecule has 0 saturated carbocycles. The van der Waals surface area contributed by atoms with Crippen molar-refractivity contribution in [3.8, 4) is 34.3 Å². The minimum atomic E-state index is -1.86. The second-order valence-electron chi connectivity index (χ2n) is 10.3. The highest BCUT2D eigenvalue weighted by molar-refractivity contribution is 5.88. The molecule has 0 radical (unpaired) electrons. The van der Waals surface area contributed by atoms with E-state index in [0.717, 1.165) is 0 Å². The third-order valence-corrected chi connectivity index (χ3v) is 7.41. The molecular weight excluding hydrogens is 576 g/mol. The van der Waals surface area contributed by atoms with Crippen LogP contribution in [0.1, 0.15) is 6.92 Å². The SMILES string of the molecule is COc1cc(O)c2c(=O)c(O[C@@H]3O[C@H](CO)C(O)[C@H](O)C3O[C@@H]3OC(C)[C@H](O)C(O)C3O)c(-c3cccc(O)c3)oc2c1. The summed E-state index contributed by atoms with van der Waals surface area (Å²) in [6.45, 7) is 0.611. The molecule has 0 bridgehead atoms. The molecule has 5 rings (SSSR count). The number of aliphatic hydroxyl groups is 6. The number of benzene rings is 2. The number of methoxy groups -OCH3 is 1. The molecule has 2 fully saturated rings. The number of phenolic OH excluding ortho intramolecular Hbond substituents is 2. The smallest absolute Gasteiger partial charge is 0.239 e. The van der Waals surface area contributed by atoms with Gasteiger partial charge in [-0.3, -0.25) is 4.79 Å². The summed E-state index contributed by atoms with van der Waals surface area (Å²) in [7, 11) is 1.34. The Balaban J connectivity index is 1.61. The van der Waals surface area contributed by atoms with E-state index >= 15 is 0 Å². The number of rotatable bonds is 7. The van der Waals surface area contributed by atoms with E-state index in [0.29, 0.717) is 0 Å². The summed E-state index contributed by atoms with van der Waals surface area (Å²) in [6.07, 6.45) is -16.2. The van der Waals surface area contributed by atoms with E-state index in [9.17, 15) is 45.6 Å². The molecule has 15 heteroatoms. The Morgan fingerprint density at radius 3 is 2.30 bits per heavy atom. The van der Waals surface area contributed by atoms with E-state index in [1.807, 2.05) is 0 Å². The molecule has 1 aromatic heterocycles. The Morgan fingerprint density at radius 2 is 1.63 bits per heavy atom. The summed E-state index contributed by atoms with van der Waals surface area (Å²) in [4.78, 5) is 13.8. The van der Waals surface area contributed by atoms with Crippen LogP contribution in [-0.4, -0.2) is 116 Å². The van der Waals surface area contributed by atoms with Gasteiger partial charge in [-0.05, 0) is 19.1 Å². The zero-order valence-corrected chi connectivity index (χ0v) is 22.9. The first-order chi connectivity index (χ1) is 20.4. The average molecular weight is 609 g/mol. The predicted molar refractivity (Wildman–Crippen MR) is 143 cm³/mol. The zero-order valence-electron chi connectivity index (χ0n) is 22.9. The van der Waals surface area contributed by atoms with Gasteiger partial charge in [0.05, 0.1) is 19.8 Å². The van der Waals surface area contributed by atoms with Gasteiger partial charge in [-0.25, -0.2) is 0 Å². The molecule has 10 atom stereocenters. The topological polar surface area (TPSA) is 238 Å². The van der Waals surface area contributed by atoms with Gasteiger partial charge >= 0.3 is 0 Å². The monoisotopic (exact) mass is 608 g/mol. The lowest BCUT2D eigenvalue weighted by Crippen LogP contribution is -2.64. The molecular formula is C28H32O15. The van der Waals surface area contributed by atoms with Crippen molar-refractivity contribution in [2.45, 2.75) is 68.3 Å². The van der Waals surface area contributed by atoms with E-state index in [2.05, 4.69) is 0 Å². The fourth-order valence-corrected chi connectivity index (χ4v) is 5.01. The minimum absolute atomic E-state index is 0.103. The van der Waals surface area contributed by atoms with Gasteiger partial charge in [0.1, 0.15) is 64.8 Å².